The highest BCUT2D eigenvalue weighted by atomic mass is 16.5. The fourth-order valence-corrected chi connectivity index (χ4v) is 2.81. The Balaban J connectivity index is 1.64. The van der Waals surface area contributed by atoms with Gasteiger partial charge in [-0.2, -0.15) is 0 Å². The number of ether oxygens (including phenoxy) is 3. The van der Waals surface area contributed by atoms with Gasteiger partial charge in [0.05, 0.1) is 25.2 Å². The van der Waals surface area contributed by atoms with Crippen LogP contribution in [0.25, 0.3) is 0 Å². The monoisotopic (exact) mass is 355 g/mol. The maximum Gasteiger partial charge on any atom is 0.338 e. The number of methoxy groups -OCH3 is 1. The second-order valence-electron chi connectivity index (χ2n) is 5.97. The second-order valence-corrected chi connectivity index (χ2v) is 5.97. The van der Waals surface area contributed by atoms with E-state index in [0.717, 1.165) is 17.1 Å². The quantitative estimate of drug-likeness (QED) is 0.835. The molecule has 0 saturated heterocycles. The molecule has 0 bridgehead atoms. The number of benzene rings is 2. The van der Waals surface area contributed by atoms with Crippen LogP contribution in [0.5, 0.6) is 11.5 Å². The minimum absolute atomic E-state index is 0.123. The topological polar surface area (TPSA) is 73.9 Å². The average Bonchev–Trinajstić information content (AvgIpc) is 2.67. The number of nitrogens with one attached hydrogen (secondary N) is 1. The van der Waals surface area contributed by atoms with Gasteiger partial charge in [0.1, 0.15) is 18.1 Å². The van der Waals surface area contributed by atoms with Gasteiger partial charge in [-0.25, -0.2) is 4.79 Å². The number of carbonyl (C=O) groups is 2. The summed E-state index contributed by atoms with van der Waals surface area (Å²) in [6.07, 6.45) is 0.583. The fourth-order valence-electron chi connectivity index (χ4n) is 2.81. The molecule has 6 heteroatoms. The van der Waals surface area contributed by atoms with Gasteiger partial charge in [0.25, 0.3) is 0 Å². The normalized spacial score (nSPS) is 15.4. The summed E-state index contributed by atoms with van der Waals surface area (Å²) >= 11 is 0. The van der Waals surface area contributed by atoms with Gasteiger partial charge in [0, 0.05) is 5.69 Å². The van der Waals surface area contributed by atoms with E-state index in [4.69, 9.17) is 14.2 Å². The summed E-state index contributed by atoms with van der Waals surface area (Å²) in [7, 11) is 1.61. The van der Waals surface area contributed by atoms with Crippen molar-refractivity contribution in [2.24, 2.45) is 5.92 Å². The van der Waals surface area contributed by atoms with Crippen LogP contribution in [0.3, 0.4) is 0 Å². The Morgan fingerprint density at radius 2 is 1.96 bits per heavy atom. The van der Waals surface area contributed by atoms with Gasteiger partial charge in [-0.15, -0.1) is 0 Å². The Morgan fingerprint density at radius 1 is 1.19 bits per heavy atom. The molecule has 0 aliphatic carbocycles. The predicted molar refractivity (Wildman–Crippen MR) is 96.7 cm³/mol. The first-order valence-electron chi connectivity index (χ1n) is 8.48. The molecule has 0 aromatic heterocycles. The van der Waals surface area contributed by atoms with E-state index < -0.39 is 0 Å². The molecule has 1 heterocycles. The molecular formula is C20H21NO5. The van der Waals surface area contributed by atoms with Crippen molar-refractivity contribution in [3.63, 3.8) is 0 Å². The minimum Gasteiger partial charge on any atom is -0.497 e. The molecular weight excluding hydrogens is 334 g/mol. The number of amides is 1. The van der Waals surface area contributed by atoms with E-state index in [2.05, 4.69) is 5.32 Å². The maximum absolute atomic E-state index is 12.5. The fraction of sp³-hybridized carbons (Fsp3) is 0.300. The van der Waals surface area contributed by atoms with E-state index in [-0.39, 0.29) is 17.8 Å². The summed E-state index contributed by atoms with van der Waals surface area (Å²) < 4.78 is 15.9. The number of rotatable bonds is 5. The van der Waals surface area contributed by atoms with Gasteiger partial charge in [0.15, 0.2) is 0 Å². The van der Waals surface area contributed by atoms with Gasteiger partial charge < -0.3 is 19.5 Å². The smallest absolute Gasteiger partial charge is 0.338 e. The van der Waals surface area contributed by atoms with Gasteiger partial charge in [-0.05, 0) is 61.4 Å². The molecule has 1 atom stereocenters. The SMILES string of the molecule is CCOC(=O)c1ccc(NC(=O)[C@@H]2COc3ccc(OC)cc3C2)cc1. The first kappa shape index (κ1) is 17.8. The molecule has 1 aliphatic rings. The molecule has 2 aromatic rings. The third-order valence-corrected chi connectivity index (χ3v) is 4.21. The predicted octanol–water partition coefficient (Wildman–Crippen LogP) is 3.06. The van der Waals surface area contributed by atoms with Crippen LogP contribution in [-0.2, 0) is 16.0 Å². The van der Waals surface area contributed by atoms with Crippen molar-refractivity contribution in [2.75, 3.05) is 25.6 Å². The highest BCUT2D eigenvalue weighted by Crippen LogP contribution is 2.31. The van der Waals surface area contributed by atoms with Crippen LogP contribution in [0.2, 0.25) is 0 Å². The molecule has 0 unspecified atom stereocenters. The molecule has 1 N–H and O–H groups in total. The molecule has 0 spiro atoms. The molecule has 3 rings (SSSR count). The van der Waals surface area contributed by atoms with Crippen molar-refractivity contribution in [2.45, 2.75) is 13.3 Å². The van der Waals surface area contributed by atoms with Gasteiger partial charge in [0.2, 0.25) is 5.91 Å². The van der Waals surface area contributed by atoms with Gasteiger partial charge in [-0.3, -0.25) is 4.79 Å². The summed E-state index contributed by atoms with van der Waals surface area (Å²) in [6.45, 7) is 2.41. The van der Waals surface area contributed by atoms with E-state index in [1.165, 1.54) is 0 Å². The Kier molecular flexibility index (Phi) is 5.41. The lowest BCUT2D eigenvalue weighted by molar-refractivity contribution is -0.121. The van der Waals surface area contributed by atoms with Gasteiger partial charge >= 0.3 is 5.97 Å². The number of hydrogen-bond acceptors (Lipinski definition) is 5. The highest BCUT2D eigenvalue weighted by molar-refractivity contribution is 5.94. The molecule has 136 valence electrons. The zero-order chi connectivity index (χ0) is 18.5. The Morgan fingerprint density at radius 3 is 2.65 bits per heavy atom. The molecule has 1 amide bonds. The molecule has 6 nitrogen and oxygen atoms in total. The van der Waals surface area contributed by atoms with Crippen LogP contribution in [0.15, 0.2) is 42.5 Å². The van der Waals surface area contributed by atoms with E-state index in [1.807, 2.05) is 18.2 Å². The van der Waals surface area contributed by atoms with Crippen LogP contribution in [0.4, 0.5) is 5.69 Å². The second kappa shape index (κ2) is 7.91. The molecule has 1 aliphatic heterocycles. The summed E-state index contributed by atoms with van der Waals surface area (Å²) in [6, 6.07) is 12.2. The summed E-state index contributed by atoms with van der Waals surface area (Å²) in [5.74, 6) is 0.731. The van der Waals surface area contributed by atoms with E-state index in [0.29, 0.717) is 30.9 Å². The number of fused-ring (bicyclic) bond motifs is 1. The third-order valence-electron chi connectivity index (χ3n) is 4.21. The molecule has 26 heavy (non-hydrogen) atoms. The molecule has 2 aromatic carbocycles. The number of anilines is 1. The van der Waals surface area contributed by atoms with Crippen LogP contribution in [0, 0.1) is 5.92 Å². The molecule has 0 saturated carbocycles. The first-order valence-corrected chi connectivity index (χ1v) is 8.48. The van der Waals surface area contributed by atoms with Crippen molar-refractivity contribution in [1.29, 1.82) is 0 Å². The lowest BCUT2D eigenvalue weighted by Crippen LogP contribution is -2.32. The van der Waals surface area contributed by atoms with Crippen LogP contribution in [-0.4, -0.2) is 32.2 Å². The number of hydrogen-bond donors (Lipinski definition) is 1. The average molecular weight is 355 g/mol. The van der Waals surface area contributed by atoms with Crippen molar-refractivity contribution >= 4 is 17.6 Å². The lowest BCUT2D eigenvalue weighted by Gasteiger charge is -2.25. The van der Waals surface area contributed by atoms with E-state index in [1.54, 1.807) is 38.3 Å². The summed E-state index contributed by atoms with van der Waals surface area (Å²) in [4.78, 5) is 24.2. The molecule has 0 fully saturated rings. The third kappa shape index (κ3) is 3.96. The number of esters is 1. The van der Waals surface area contributed by atoms with E-state index in [9.17, 15) is 9.59 Å². The van der Waals surface area contributed by atoms with Crippen molar-refractivity contribution in [1.82, 2.24) is 0 Å². The Hall–Kier alpha value is -3.02. The minimum atomic E-state index is -0.378. The van der Waals surface area contributed by atoms with E-state index >= 15 is 0 Å². The zero-order valence-corrected chi connectivity index (χ0v) is 14.8. The number of carbonyl (C=O) groups excluding carboxylic acids is 2. The molecule has 0 radical (unpaired) electrons. The van der Waals surface area contributed by atoms with Crippen LogP contribution in [0.1, 0.15) is 22.8 Å². The van der Waals surface area contributed by atoms with Crippen molar-refractivity contribution in [3.05, 3.63) is 53.6 Å². The zero-order valence-electron chi connectivity index (χ0n) is 14.8. The van der Waals surface area contributed by atoms with Gasteiger partial charge in [-0.1, -0.05) is 0 Å². The van der Waals surface area contributed by atoms with Crippen molar-refractivity contribution in [3.8, 4) is 11.5 Å². The Bertz CT molecular complexity index is 800. The van der Waals surface area contributed by atoms with Crippen molar-refractivity contribution < 1.29 is 23.8 Å². The lowest BCUT2D eigenvalue weighted by atomic mass is 9.95. The summed E-state index contributed by atoms with van der Waals surface area (Å²) in [5, 5.41) is 2.87. The highest BCUT2D eigenvalue weighted by Gasteiger charge is 2.26. The van der Waals surface area contributed by atoms with Crippen LogP contribution >= 0.6 is 0 Å². The van der Waals surface area contributed by atoms with Crippen LogP contribution < -0.4 is 14.8 Å². The Labute approximate surface area is 152 Å². The maximum atomic E-state index is 12.5. The summed E-state index contributed by atoms with van der Waals surface area (Å²) in [5.41, 5.74) is 2.03. The first-order chi connectivity index (χ1) is 12.6. The standard InChI is InChI=1S/C20H21NO5/c1-3-25-20(23)13-4-6-16(7-5-13)21-19(22)15-10-14-11-17(24-2)8-9-18(14)26-12-15/h4-9,11,15H,3,10,12H2,1-2H3,(H,21,22)/t15-/m0/s1. The largest absolute Gasteiger partial charge is 0.497 e.